The molecule has 0 unspecified atom stereocenters. The van der Waals surface area contributed by atoms with Crippen LogP contribution in [0.2, 0.25) is 0 Å². The van der Waals surface area contributed by atoms with E-state index in [2.05, 4.69) is 31.9 Å². The lowest BCUT2D eigenvalue weighted by Crippen LogP contribution is -2.35. The molecular formula is C15H24BrN3O3. The third kappa shape index (κ3) is 7.11. The van der Waals surface area contributed by atoms with Gasteiger partial charge >= 0.3 is 6.03 Å². The average molecular weight is 374 g/mol. The summed E-state index contributed by atoms with van der Waals surface area (Å²) >= 11 is 3.39. The minimum absolute atomic E-state index is 0.196. The number of amides is 2. The van der Waals surface area contributed by atoms with E-state index >= 15 is 0 Å². The van der Waals surface area contributed by atoms with Gasteiger partial charge in [-0.2, -0.15) is 0 Å². The maximum absolute atomic E-state index is 11.4. The van der Waals surface area contributed by atoms with Crippen molar-refractivity contribution in [1.29, 1.82) is 0 Å². The summed E-state index contributed by atoms with van der Waals surface area (Å²) in [6.07, 6.45) is -0.581. The molecule has 0 saturated heterocycles. The van der Waals surface area contributed by atoms with Crippen LogP contribution in [-0.4, -0.2) is 43.0 Å². The number of hydrogen-bond donors (Lipinski definition) is 4. The van der Waals surface area contributed by atoms with Crippen molar-refractivity contribution in [2.45, 2.75) is 32.9 Å². The lowest BCUT2D eigenvalue weighted by molar-refractivity contribution is 0.104. The molecule has 0 heterocycles. The summed E-state index contributed by atoms with van der Waals surface area (Å²) in [7, 11) is 0. The Balaban J connectivity index is 2.50. The molecule has 1 rings (SSSR count). The highest BCUT2D eigenvalue weighted by Crippen LogP contribution is 2.28. The van der Waals surface area contributed by atoms with Crippen LogP contribution in [0.4, 0.5) is 10.5 Å². The molecule has 0 aromatic heterocycles. The zero-order valence-corrected chi connectivity index (χ0v) is 14.7. The molecule has 0 saturated carbocycles. The standard InChI is InChI=1S/C15H24BrN3O3/c1-4-17-15(21)19-11-5-6-14(13(16)7-11)22-9-12(20)8-18-10(2)3/h5-7,10,12,18,20H,4,8-9H2,1-3H3,(H2,17,19,21)/t12-/m1/s1. The maximum atomic E-state index is 11.4. The molecule has 0 fully saturated rings. The number of nitrogens with one attached hydrogen (secondary N) is 3. The van der Waals surface area contributed by atoms with Gasteiger partial charge < -0.3 is 25.8 Å². The molecule has 1 atom stereocenters. The normalized spacial score (nSPS) is 12.1. The van der Waals surface area contributed by atoms with E-state index in [1.165, 1.54) is 0 Å². The lowest BCUT2D eigenvalue weighted by Gasteiger charge is -2.16. The van der Waals surface area contributed by atoms with Crippen molar-refractivity contribution in [3.8, 4) is 5.75 Å². The lowest BCUT2D eigenvalue weighted by atomic mass is 10.3. The largest absolute Gasteiger partial charge is 0.490 e. The Bertz CT molecular complexity index is 483. The topological polar surface area (TPSA) is 82.6 Å². The number of halogens is 1. The second-order valence-electron chi connectivity index (χ2n) is 5.16. The average Bonchev–Trinajstić information content (AvgIpc) is 2.44. The Hall–Kier alpha value is -1.31. The number of carbonyl (C=O) groups excluding carboxylic acids is 1. The molecule has 124 valence electrons. The van der Waals surface area contributed by atoms with Crippen LogP contribution in [0, 0.1) is 0 Å². The van der Waals surface area contributed by atoms with Gasteiger partial charge in [-0.3, -0.25) is 0 Å². The first-order valence-electron chi connectivity index (χ1n) is 7.31. The Morgan fingerprint density at radius 3 is 2.73 bits per heavy atom. The van der Waals surface area contributed by atoms with Gasteiger partial charge in [0, 0.05) is 24.8 Å². The van der Waals surface area contributed by atoms with E-state index in [4.69, 9.17) is 4.74 Å². The fourth-order valence-corrected chi connectivity index (χ4v) is 2.14. The smallest absolute Gasteiger partial charge is 0.319 e. The maximum Gasteiger partial charge on any atom is 0.319 e. The Morgan fingerprint density at radius 1 is 1.41 bits per heavy atom. The first-order chi connectivity index (χ1) is 10.4. The highest BCUT2D eigenvalue weighted by molar-refractivity contribution is 9.10. The molecule has 0 bridgehead atoms. The number of hydrogen-bond acceptors (Lipinski definition) is 4. The van der Waals surface area contributed by atoms with Gasteiger partial charge in [0.25, 0.3) is 0 Å². The second kappa shape index (κ2) is 9.66. The van der Waals surface area contributed by atoms with Crippen molar-refractivity contribution in [1.82, 2.24) is 10.6 Å². The molecule has 6 nitrogen and oxygen atoms in total. The molecular weight excluding hydrogens is 350 g/mol. The Morgan fingerprint density at radius 2 is 2.14 bits per heavy atom. The van der Waals surface area contributed by atoms with E-state index in [0.29, 0.717) is 35.0 Å². The predicted octanol–water partition coefficient (Wildman–Crippen LogP) is 2.33. The van der Waals surface area contributed by atoms with E-state index < -0.39 is 6.10 Å². The van der Waals surface area contributed by atoms with Crippen molar-refractivity contribution in [2.24, 2.45) is 0 Å². The molecule has 4 N–H and O–H groups in total. The monoisotopic (exact) mass is 373 g/mol. The van der Waals surface area contributed by atoms with Crippen LogP contribution in [0.5, 0.6) is 5.75 Å². The molecule has 22 heavy (non-hydrogen) atoms. The van der Waals surface area contributed by atoms with E-state index in [0.717, 1.165) is 0 Å². The highest BCUT2D eigenvalue weighted by atomic mass is 79.9. The SMILES string of the molecule is CCNC(=O)Nc1ccc(OC[C@H](O)CNC(C)C)c(Br)c1. The first-order valence-corrected chi connectivity index (χ1v) is 8.10. The van der Waals surface area contributed by atoms with Crippen LogP contribution in [0.1, 0.15) is 20.8 Å². The number of rotatable bonds is 8. The number of urea groups is 1. The van der Waals surface area contributed by atoms with E-state index in [1.54, 1.807) is 18.2 Å². The van der Waals surface area contributed by atoms with Gasteiger partial charge in [-0.1, -0.05) is 13.8 Å². The molecule has 7 heteroatoms. The fraction of sp³-hybridized carbons (Fsp3) is 0.533. The Kier molecular flexibility index (Phi) is 8.22. The third-order valence-electron chi connectivity index (χ3n) is 2.72. The summed E-state index contributed by atoms with van der Waals surface area (Å²) in [6.45, 7) is 7.13. The van der Waals surface area contributed by atoms with Gasteiger partial charge in [-0.15, -0.1) is 0 Å². The summed E-state index contributed by atoms with van der Waals surface area (Å²) < 4.78 is 6.29. The van der Waals surface area contributed by atoms with Crippen LogP contribution in [0.25, 0.3) is 0 Å². The fourth-order valence-electron chi connectivity index (χ4n) is 1.65. The molecule has 0 radical (unpaired) electrons. The summed E-state index contributed by atoms with van der Waals surface area (Å²) in [5.74, 6) is 0.616. The summed E-state index contributed by atoms with van der Waals surface area (Å²) in [4.78, 5) is 11.4. The van der Waals surface area contributed by atoms with Gasteiger partial charge in [0.05, 0.1) is 4.47 Å². The van der Waals surface area contributed by atoms with Gasteiger partial charge in [0.15, 0.2) is 0 Å². The first kappa shape index (κ1) is 18.7. The van der Waals surface area contributed by atoms with Crippen molar-refractivity contribution in [3.05, 3.63) is 22.7 Å². The Labute approximate surface area is 139 Å². The minimum atomic E-state index is -0.581. The molecule has 2 amide bonds. The van der Waals surface area contributed by atoms with Crippen LogP contribution in [0.15, 0.2) is 22.7 Å². The number of aliphatic hydroxyl groups is 1. The van der Waals surface area contributed by atoms with Crippen LogP contribution in [-0.2, 0) is 0 Å². The zero-order chi connectivity index (χ0) is 16.5. The van der Waals surface area contributed by atoms with Crippen LogP contribution < -0.4 is 20.7 Å². The van der Waals surface area contributed by atoms with Crippen molar-refractivity contribution in [2.75, 3.05) is 25.0 Å². The molecule has 1 aromatic rings. The van der Waals surface area contributed by atoms with Gasteiger partial charge in [-0.25, -0.2) is 4.79 Å². The van der Waals surface area contributed by atoms with Gasteiger partial charge in [0.1, 0.15) is 18.5 Å². The zero-order valence-electron chi connectivity index (χ0n) is 13.1. The van der Waals surface area contributed by atoms with Crippen molar-refractivity contribution in [3.63, 3.8) is 0 Å². The number of ether oxygens (including phenoxy) is 1. The highest BCUT2D eigenvalue weighted by Gasteiger charge is 2.09. The van der Waals surface area contributed by atoms with Crippen molar-refractivity contribution < 1.29 is 14.6 Å². The number of aliphatic hydroxyl groups excluding tert-OH is 1. The number of benzene rings is 1. The van der Waals surface area contributed by atoms with Crippen LogP contribution >= 0.6 is 15.9 Å². The summed E-state index contributed by atoms with van der Waals surface area (Å²) in [5.41, 5.74) is 0.659. The summed E-state index contributed by atoms with van der Waals surface area (Å²) in [6, 6.07) is 5.31. The van der Waals surface area contributed by atoms with E-state index in [1.807, 2.05) is 20.8 Å². The third-order valence-corrected chi connectivity index (χ3v) is 3.34. The molecule has 0 aliphatic rings. The quantitative estimate of drug-likeness (QED) is 0.563. The number of anilines is 1. The molecule has 1 aromatic carbocycles. The molecule has 0 aliphatic heterocycles. The van der Waals surface area contributed by atoms with Crippen molar-refractivity contribution >= 4 is 27.6 Å². The van der Waals surface area contributed by atoms with Gasteiger partial charge in [0.2, 0.25) is 0 Å². The predicted molar refractivity (Wildman–Crippen MR) is 91.5 cm³/mol. The van der Waals surface area contributed by atoms with Crippen LogP contribution in [0.3, 0.4) is 0 Å². The van der Waals surface area contributed by atoms with E-state index in [-0.39, 0.29) is 12.6 Å². The second-order valence-corrected chi connectivity index (χ2v) is 6.01. The number of carbonyl (C=O) groups is 1. The molecule has 0 spiro atoms. The van der Waals surface area contributed by atoms with Gasteiger partial charge in [-0.05, 0) is 41.1 Å². The molecule has 0 aliphatic carbocycles. The van der Waals surface area contributed by atoms with E-state index in [9.17, 15) is 9.90 Å². The summed E-state index contributed by atoms with van der Waals surface area (Å²) in [5, 5.41) is 18.3. The minimum Gasteiger partial charge on any atom is -0.490 e.